The average molecular weight is 480 g/mol. The van der Waals surface area contributed by atoms with E-state index in [-0.39, 0.29) is 23.5 Å². The van der Waals surface area contributed by atoms with E-state index in [4.69, 9.17) is 9.47 Å². The van der Waals surface area contributed by atoms with Crippen molar-refractivity contribution in [2.24, 2.45) is 11.8 Å². The Hall–Kier alpha value is -2.33. The second kappa shape index (κ2) is 12.6. The van der Waals surface area contributed by atoms with Gasteiger partial charge in [0.15, 0.2) is 0 Å². The molecule has 1 aliphatic heterocycles. The Kier molecular flexibility index (Phi) is 9.80. The van der Waals surface area contributed by atoms with Gasteiger partial charge < -0.3 is 14.8 Å². The molecule has 0 aliphatic carbocycles. The molecule has 4 heteroatoms. The summed E-state index contributed by atoms with van der Waals surface area (Å²) < 4.78 is 11.8. The fourth-order valence-electron chi connectivity index (χ4n) is 5.44. The smallest absolute Gasteiger partial charge is 0.220 e. The molecule has 2 aromatic rings. The Morgan fingerprint density at radius 2 is 1.71 bits per heavy atom. The summed E-state index contributed by atoms with van der Waals surface area (Å²) in [7, 11) is 0. The lowest BCUT2D eigenvalue weighted by Gasteiger charge is -2.39. The molecule has 0 radical (unpaired) electrons. The second-order valence-electron chi connectivity index (χ2n) is 11.3. The minimum Gasteiger partial charge on any atom is -0.491 e. The highest BCUT2D eigenvalue weighted by atomic mass is 16.5. The first-order valence-corrected chi connectivity index (χ1v) is 13.4. The Bertz CT molecular complexity index is 905. The maximum absolute atomic E-state index is 13.0. The molecule has 1 aliphatic rings. The van der Waals surface area contributed by atoms with E-state index in [0.717, 1.165) is 31.6 Å². The predicted molar refractivity (Wildman–Crippen MR) is 144 cm³/mol. The van der Waals surface area contributed by atoms with Crippen LogP contribution in [0.15, 0.2) is 54.6 Å². The quantitative estimate of drug-likeness (QED) is 0.374. The number of carbonyl (C=O) groups excluding carboxylic acids is 1. The molecule has 1 amide bonds. The number of ether oxygens (including phenoxy) is 2. The third kappa shape index (κ3) is 8.38. The standard InChI is InChI=1S/C31H45NO3/c1-22(2)29(25-12-14-27(15-13-25)35-23(3)4)20-30(33)32-18-16-28(24-10-8-7-9-11-24)26-17-19-34-31(5,6)21-26/h7-15,22-23,26,28-29H,16-21H2,1-6H3,(H,32,33)/t26-,28+,29+/m0/s1. The minimum absolute atomic E-state index is 0.0839. The van der Waals surface area contributed by atoms with Crippen LogP contribution in [0.5, 0.6) is 5.75 Å². The Morgan fingerprint density at radius 1 is 1.03 bits per heavy atom. The number of benzene rings is 2. The monoisotopic (exact) mass is 479 g/mol. The van der Waals surface area contributed by atoms with Gasteiger partial charge in [-0.3, -0.25) is 4.79 Å². The average Bonchev–Trinajstić information content (AvgIpc) is 2.80. The maximum Gasteiger partial charge on any atom is 0.220 e. The van der Waals surface area contributed by atoms with Crippen molar-refractivity contribution < 1.29 is 14.3 Å². The SMILES string of the molecule is CC(C)Oc1ccc([C@H](CC(=O)NCC[C@H](c2ccccc2)[C@H]2CCOC(C)(C)C2)C(C)C)cc1. The van der Waals surface area contributed by atoms with Gasteiger partial charge in [0.1, 0.15) is 5.75 Å². The summed E-state index contributed by atoms with van der Waals surface area (Å²) >= 11 is 0. The zero-order valence-corrected chi connectivity index (χ0v) is 22.6. The number of hydrogen-bond donors (Lipinski definition) is 1. The van der Waals surface area contributed by atoms with Crippen LogP contribution in [0.4, 0.5) is 0 Å². The fraction of sp³-hybridized carbons (Fsp3) is 0.581. The summed E-state index contributed by atoms with van der Waals surface area (Å²) in [4.78, 5) is 13.0. The third-order valence-corrected chi connectivity index (χ3v) is 7.20. The van der Waals surface area contributed by atoms with Crippen LogP contribution < -0.4 is 10.1 Å². The molecule has 3 rings (SSSR count). The van der Waals surface area contributed by atoms with Crippen molar-refractivity contribution in [3.63, 3.8) is 0 Å². The van der Waals surface area contributed by atoms with Crippen molar-refractivity contribution in [2.45, 2.75) is 90.8 Å². The van der Waals surface area contributed by atoms with E-state index in [2.05, 4.69) is 75.5 Å². The summed E-state index contributed by atoms with van der Waals surface area (Å²) in [6, 6.07) is 19.0. The van der Waals surface area contributed by atoms with Crippen LogP contribution in [0.3, 0.4) is 0 Å². The fourth-order valence-corrected chi connectivity index (χ4v) is 5.44. The molecule has 0 unspecified atom stereocenters. The van der Waals surface area contributed by atoms with Crippen molar-refractivity contribution in [1.82, 2.24) is 5.32 Å². The van der Waals surface area contributed by atoms with E-state index in [1.165, 1.54) is 11.1 Å². The molecular formula is C31H45NO3. The zero-order valence-electron chi connectivity index (χ0n) is 22.6. The van der Waals surface area contributed by atoms with Crippen LogP contribution in [0.2, 0.25) is 0 Å². The lowest BCUT2D eigenvalue weighted by atomic mass is 9.75. The summed E-state index contributed by atoms with van der Waals surface area (Å²) in [6.07, 6.45) is 3.72. The Morgan fingerprint density at radius 3 is 2.31 bits per heavy atom. The van der Waals surface area contributed by atoms with Crippen molar-refractivity contribution in [3.05, 3.63) is 65.7 Å². The first-order chi connectivity index (χ1) is 16.6. The number of amides is 1. The van der Waals surface area contributed by atoms with Crippen LogP contribution >= 0.6 is 0 Å². The van der Waals surface area contributed by atoms with Gasteiger partial charge in [0, 0.05) is 19.6 Å². The number of nitrogens with one attached hydrogen (secondary N) is 1. The van der Waals surface area contributed by atoms with Crippen molar-refractivity contribution in [1.29, 1.82) is 0 Å². The van der Waals surface area contributed by atoms with Crippen LogP contribution in [0.25, 0.3) is 0 Å². The minimum atomic E-state index is -0.0839. The normalized spacial score (nSPS) is 19.4. The van der Waals surface area contributed by atoms with E-state index in [0.29, 0.717) is 30.7 Å². The molecular weight excluding hydrogens is 434 g/mol. The summed E-state index contributed by atoms with van der Waals surface area (Å²) in [5.41, 5.74) is 2.48. The van der Waals surface area contributed by atoms with Gasteiger partial charge in [0.2, 0.25) is 5.91 Å². The van der Waals surface area contributed by atoms with Crippen molar-refractivity contribution in [3.8, 4) is 5.75 Å². The van der Waals surface area contributed by atoms with Gasteiger partial charge in [0.05, 0.1) is 11.7 Å². The predicted octanol–water partition coefficient (Wildman–Crippen LogP) is 7.10. The first kappa shape index (κ1) is 27.3. The Balaban J connectivity index is 1.60. The zero-order chi connectivity index (χ0) is 25.4. The van der Waals surface area contributed by atoms with Gasteiger partial charge in [-0.05, 0) is 93.9 Å². The molecule has 0 spiro atoms. The molecule has 192 valence electrons. The number of hydrogen-bond acceptors (Lipinski definition) is 3. The molecule has 0 bridgehead atoms. The highest BCUT2D eigenvalue weighted by Crippen LogP contribution is 2.39. The highest BCUT2D eigenvalue weighted by Gasteiger charge is 2.34. The molecule has 1 N–H and O–H groups in total. The lowest BCUT2D eigenvalue weighted by Crippen LogP contribution is -2.37. The van der Waals surface area contributed by atoms with Gasteiger partial charge in [-0.2, -0.15) is 0 Å². The molecule has 1 saturated heterocycles. The van der Waals surface area contributed by atoms with Crippen molar-refractivity contribution in [2.75, 3.05) is 13.2 Å². The molecule has 4 nitrogen and oxygen atoms in total. The first-order valence-electron chi connectivity index (χ1n) is 13.4. The molecule has 1 heterocycles. The van der Waals surface area contributed by atoms with Crippen LogP contribution in [-0.4, -0.2) is 30.8 Å². The highest BCUT2D eigenvalue weighted by molar-refractivity contribution is 5.76. The summed E-state index contributed by atoms with van der Waals surface area (Å²) in [6.45, 7) is 14.3. The van der Waals surface area contributed by atoms with Gasteiger partial charge >= 0.3 is 0 Å². The molecule has 35 heavy (non-hydrogen) atoms. The van der Waals surface area contributed by atoms with E-state index >= 15 is 0 Å². The molecule has 1 fully saturated rings. The van der Waals surface area contributed by atoms with Crippen LogP contribution in [0.1, 0.15) is 90.2 Å². The lowest BCUT2D eigenvalue weighted by molar-refractivity contribution is -0.121. The van der Waals surface area contributed by atoms with E-state index in [9.17, 15) is 4.79 Å². The third-order valence-electron chi connectivity index (χ3n) is 7.20. The van der Waals surface area contributed by atoms with Crippen molar-refractivity contribution >= 4 is 5.91 Å². The van der Waals surface area contributed by atoms with E-state index in [1.54, 1.807) is 0 Å². The van der Waals surface area contributed by atoms with E-state index < -0.39 is 0 Å². The summed E-state index contributed by atoms with van der Waals surface area (Å²) in [5, 5.41) is 3.24. The summed E-state index contributed by atoms with van der Waals surface area (Å²) in [5.74, 6) is 2.55. The largest absolute Gasteiger partial charge is 0.491 e. The second-order valence-corrected chi connectivity index (χ2v) is 11.3. The van der Waals surface area contributed by atoms with Gasteiger partial charge in [0.25, 0.3) is 0 Å². The van der Waals surface area contributed by atoms with Crippen LogP contribution in [-0.2, 0) is 9.53 Å². The Labute approximate surface area is 212 Å². The van der Waals surface area contributed by atoms with E-state index in [1.807, 2.05) is 26.0 Å². The molecule has 2 aromatic carbocycles. The molecule has 0 aromatic heterocycles. The van der Waals surface area contributed by atoms with Gasteiger partial charge in [-0.25, -0.2) is 0 Å². The van der Waals surface area contributed by atoms with Gasteiger partial charge in [-0.15, -0.1) is 0 Å². The number of rotatable bonds is 11. The van der Waals surface area contributed by atoms with Crippen LogP contribution in [0, 0.1) is 11.8 Å². The number of carbonyl (C=O) groups is 1. The maximum atomic E-state index is 13.0. The molecule has 3 atom stereocenters. The topological polar surface area (TPSA) is 47.6 Å². The molecule has 0 saturated carbocycles. The van der Waals surface area contributed by atoms with Gasteiger partial charge in [-0.1, -0.05) is 56.3 Å².